The minimum atomic E-state index is -0.403. The Kier molecular flexibility index (Phi) is 5.14. The van der Waals surface area contributed by atoms with Gasteiger partial charge in [0.1, 0.15) is 23.0 Å². The Morgan fingerprint density at radius 3 is 2.96 bits per heavy atom. The molecule has 0 aliphatic carbocycles. The molecule has 3 aromatic rings. The number of rotatable bonds is 6. The van der Waals surface area contributed by atoms with E-state index in [-0.39, 0.29) is 25.2 Å². The monoisotopic (exact) mass is 358 g/mol. The maximum absolute atomic E-state index is 11.8. The molecule has 0 atom stereocenters. The van der Waals surface area contributed by atoms with Crippen LogP contribution in [-0.4, -0.2) is 22.5 Å². The van der Waals surface area contributed by atoms with Gasteiger partial charge in [-0.05, 0) is 42.5 Å². The van der Waals surface area contributed by atoms with Crippen LogP contribution in [0.4, 0.5) is 0 Å². The summed E-state index contributed by atoms with van der Waals surface area (Å²) in [4.78, 5) is 31.2. The first kappa shape index (κ1) is 17.2. The molecule has 130 valence electrons. The number of nitrogens with zero attached hydrogens (tertiary/aromatic N) is 1. The first-order valence-electron chi connectivity index (χ1n) is 7.85. The van der Waals surface area contributed by atoms with E-state index < -0.39 is 5.97 Å². The smallest absolute Gasteiger partial charge is 0.309 e. The van der Waals surface area contributed by atoms with Crippen LogP contribution in [0.2, 0.25) is 0 Å². The lowest BCUT2D eigenvalue weighted by atomic mass is 10.1. The van der Waals surface area contributed by atoms with Gasteiger partial charge >= 0.3 is 5.97 Å². The van der Waals surface area contributed by atoms with Gasteiger partial charge in [0.05, 0.1) is 18.4 Å². The normalized spacial score (nSPS) is 10.8. The van der Waals surface area contributed by atoms with Crippen molar-refractivity contribution in [2.45, 2.75) is 26.9 Å². The predicted molar refractivity (Wildman–Crippen MR) is 96.1 cm³/mol. The molecule has 1 aromatic carbocycles. The van der Waals surface area contributed by atoms with E-state index in [0.29, 0.717) is 16.0 Å². The van der Waals surface area contributed by atoms with Crippen molar-refractivity contribution in [3.05, 3.63) is 57.0 Å². The second kappa shape index (κ2) is 7.48. The van der Waals surface area contributed by atoms with E-state index in [1.807, 2.05) is 32.0 Å². The van der Waals surface area contributed by atoms with Gasteiger partial charge in [-0.1, -0.05) is 12.1 Å². The summed E-state index contributed by atoms with van der Waals surface area (Å²) in [6, 6.07) is 7.64. The highest BCUT2D eigenvalue weighted by atomic mass is 32.1. The van der Waals surface area contributed by atoms with E-state index in [0.717, 1.165) is 16.9 Å². The van der Waals surface area contributed by atoms with E-state index in [1.165, 1.54) is 11.3 Å². The van der Waals surface area contributed by atoms with Crippen LogP contribution in [0.25, 0.3) is 10.2 Å². The molecule has 25 heavy (non-hydrogen) atoms. The van der Waals surface area contributed by atoms with Crippen LogP contribution in [0.15, 0.2) is 34.4 Å². The minimum Gasteiger partial charge on any atom is -0.493 e. The van der Waals surface area contributed by atoms with Crippen LogP contribution in [0.1, 0.15) is 23.4 Å². The molecule has 6 nitrogen and oxygen atoms in total. The fourth-order valence-corrected chi connectivity index (χ4v) is 3.09. The number of fused-ring (bicyclic) bond motifs is 1. The molecular formula is C18H18N2O4S. The number of carbonyl (C=O) groups excluding carboxylic acids is 1. The highest BCUT2D eigenvalue weighted by Crippen LogP contribution is 2.19. The van der Waals surface area contributed by atoms with Gasteiger partial charge in [-0.3, -0.25) is 9.59 Å². The average molecular weight is 358 g/mol. The molecule has 0 saturated heterocycles. The lowest BCUT2D eigenvalue weighted by Gasteiger charge is -2.10. The van der Waals surface area contributed by atoms with Gasteiger partial charge in [0.2, 0.25) is 0 Å². The number of hydrogen-bond donors (Lipinski definition) is 1. The van der Waals surface area contributed by atoms with Crippen molar-refractivity contribution in [2.24, 2.45) is 0 Å². The third-order valence-electron chi connectivity index (χ3n) is 3.66. The number of carbonyl (C=O) groups is 1. The van der Waals surface area contributed by atoms with Crippen LogP contribution in [-0.2, 0) is 16.1 Å². The van der Waals surface area contributed by atoms with Gasteiger partial charge in [0.15, 0.2) is 0 Å². The van der Waals surface area contributed by atoms with Crippen molar-refractivity contribution < 1.29 is 14.3 Å². The Morgan fingerprint density at radius 1 is 1.28 bits per heavy atom. The number of nitrogens with one attached hydrogen (secondary N) is 1. The summed E-state index contributed by atoms with van der Waals surface area (Å²) < 4.78 is 10.8. The van der Waals surface area contributed by atoms with E-state index >= 15 is 0 Å². The van der Waals surface area contributed by atoms with Crippen LogP contribution in [0, 0.1) is 13.8 Å². The Labute approximate surface area is 148 Å². The van der Waals surface area contributed by atoms with Crippen LogP contribution in [0.3, 0.4) is 0 Å². The molecule has 0 spiro atoms. The Morgan fingerprint density at radius 2 is 2.12 bits per heavy atom. The van der Waals surface area contributed by atoms with E-state index in [2.05, 4.69) is 9.97 Å². The summed E-state index contributed by atoms with van der Waals surface area (Å²) in [6.07, 6.45) is 0.124. The Hall–Kier alpha value is -2.67. The molecule has 0 unspecified atom stereocenters. The molecule has 1 N–H and O–H groups in total. The Balaban J connectivity index is 1.50. The molecule has 7 heteroatoms. The summed E-state index contributed by atoms with van der Waals surface area (Å²) >= 11 is 1.37. The topological polar surface area (TPSA) is 81.3 Å². The fraction of sp³-hybridized carbons (Fsp3) is 0.278. The van der Waals surface area contributed by atoms with Crippen LogP contribution in [0.5, 0.6) is 5.75 Å². The van der Waals surface area contributed by atoms with E-state index in [9.17, 15) is 9.59 Å². The van der Waals surface area contributed by atoms with E-state index in [4.69, 9.17) is 9.47 Å². The standard InChI is InChI=1S/C18H18N2O4S/c1-11-3-4-12(2)14(9-11)23-7-5-16(21)24-10-15-19-17(22)13-6-8-25-18(13)20-15/h3-4,6,8-9H,5,7,10H2,1-2H3,(H,19,20,22). The molecular weight excluding hydrogens is 340 g/mol. The minimum absolute atomic E-state index is 0.0641. The number of ether oxygens (including phenoxy) is 2. The lowest BCUT2D eigenvalue weighted by Crippen LogP contribution is -2.15. The van der Waals surface area contributed by atoms with Crippen molar-refractivity contribution >= 4 is 27.5 Å². The second-order valence-corrected chi connectivity index (χ2v) is 6.57. The summed E-state index contributed by atoms with van der Waals surface area (Å²) in [5, 5.41) is 2.34. The van der Waals surface area contributed by atoms with Gasteiger partial charge in [-0.2, -0.15) is 0 Å². The molecule has 0 saturated carbocycles. The SMILES string of the molecule is Cc1ccc(C)c(OCCC(=O)OCc2nc3sccc3c(=O)[nH]2)c1. The summed E-state index contributed by atoms with van der Waals surface area (Å²) in [6.45, 7) is 4.11. The van der Waals surface area contributed by atoms with Crippen molar-refractivity contribution in [3.8, 4) is 5.75 Å². The third kappa shape index (κ3) is 4.24. The first-order chi connectivity index (χ1) is 12.0. The highest BCUT2D eigenvalue weighted by molar-refractivity contribution is 7.16. The van der Waals surface area contributed by atoms with Crippen molar-refractivity contribution in [1.82, 2.24) is 9.97 Å². The fourth-order valence-electron chi connectivity index (χ4n) is 2.31. The number of thiophene rings is 1. The summed E-state index contributed by atoms with van der Waals surface area (Å²) in [7, 11) is 0. The predicted octanol–water partition coefficient (Wildman–Crippen LogP) is 3.11. The van der Waals surface area contributed by atoms with Crippen LogP contribution >= 0.6 is 11.3 Å². The lowest BCUT2D eigenvalue weighted by molar-refractivity contribution is -0.145. The van der Waals surface area contributed by atoms with Crippen molar-refractivity contribution in [3.63, 3.8) is 0 Å². The van der Waals surface area contributed by atoms with Crippen molar-refractivity contribution in [1.29, 1.82) is 0 Å². The zero-order chi connectivity index (χ0) is 17.8. The molecule has 2 heterocycles. The third-order valence-corrected chi connectivity index (χ3v) is 4.47. The largest absolute Gasteiger partial charge is 0.493 e. The van der Waals surface area contributed by atoms with Crippen molar-refractivity contribution in [2.75, 3.05) is 6.61 Å². The number of benzene rings is 1. The van der Waals surface area contributed by atoms with Gasteiger partial charge in [0, 0.05) is 0 Å². The molecule has 0 radical (unpaired) electrons. The number of hydrogen-bond acceptors (Lipinski definition) is 6. The number of aromatic nitrogens is 2. The first-order valence-corrected chi connectivity index (χ1v) is 8.73. The van der Waals surface area contributed by atoms with Gasteiger partial charge in [0.25, 0.3) is 5.56 Å². The molecule has 0 amide bonds. The zero-order valence-electron chi connectivity index (χ0n) is 14.0. The summed E-state index contributed by atoms with van der Waals surface area (Å²) in [5.41, 5.74) is 1.89. The molecule has 2 aromatic heterocycles. The quantitative estimate of drug-likeness (QED) is 0.685. The van der Waals surface area contributed by atoms with Gasteiger partial charge < -0.3 is 14.5 Å². The molecule has 0 aliphatic rings. The van der Waals surface area contributed by atoms with Crippen LogP contribution < -0.4 is 10.3 Å². The zero-order valence-corrected chi connectivity index (χ0v) is 14.8. The number of esters is 1. The second-order valence-electron chi connectivity index (χ2n) is 5.68. The van der Waals surface area contributed by atoms with E-state index in [1.54, 1.807) is 11.4 Å². The average Bonchev–Trinajstić information content (AvgIpc) is 3.05. The maximum atomic E-state index is 11.8. The molecule has 0 aliphatic heterocycles. The molecule has 0 bridgehead atoms. The molecule has 3 rings (SSSR count). The van der Waals surface area contributed by atoms with Gasteiger partial charge in [-0.15, -0.1) is 11.3 Å². The number of aromatic amines is 1. The van der Waals surface area contributed by atoms with Gasteiger partial charge in [-0.25, -0.2) is 4.98 Å². The number of aryl methyl sites for hydroxylation is 2. The Bertz CT molecular complexity index is 961. The molecule has 0 fully saturated rings. The number of H-pyrrole nitrogens is 1. The maximum Gasteiger partial charge on any atom is 0.309 e. The highest BCUT2D eigenvalue weighted by Gasteiger charge is 2.09. The summed E-state index contributed by atoms with van der Waals surface area (Å²) in [5.74, 6) is 0.699.